The Morgan fingerprint density at radius 2 is 1.83 bits per heavy atom. The second-order valence-electron chi connectivity index (χ2n) is 6.47. The molecule has 1 heterocycles. The summed E-state index contributed by atoms with van der Waals surface area (Å²) in [6.07, 6.45) is 1.24. The van der Waals surface area contributed by atoms with Gasteiger partial charge in [-0.15, -0.1) is 0 Å². The number of rotatable bonds is 7. The summed E-state index contributed by atoms with van der Waals surface area (Å²) in [4.78, 5) is 38.8. The van der Waals surface area contributed by atoms with Gasteiger partial charge in [0.15, 0.2) is 0 Å². The summed E-state index contributed by atoms with van der Waals surface area (Å²) in [6, 6.07) is 14.1. The average Bonchev–Trinajstić information content (AvgIpc) is 2.85. The Morgan fingerprint density at radius 1 is 1.10 bits per heavy atom. The van der Waals surface area contributed by atoms with Crippen molar-refractivity contribution in [1.82, 2.24) is 0 Å². The van der Waals surface area contributed by atoms with Crippen LogP contribution in [-0.2, 0) is 19.1 Å². The van der Waals surface area contributed by atoms with E-state index in [4.69, 9.17) is 9.47 Å². The van der Waals surface area contributed by atoms with Crippen LogP contribution < -0.4 is 20.3 Å². The van der Waals surface area contributed by atoms with Crippen LogP contribution >= 0.6 is 0 Å². The van der Waals surface area contributed by atoms with Crippen molar-refractivity contribution < 1.29 is 23.9 Å². The summed E-state index contributed by atoms with van der Waals surface area (Å²) in [5.74, 6) is -0.720. The van der Waals surface area contributed by atoms with E-state index in [9.17, 15) is 14.4 Å². The fourth-order valence-corrected chi connectivity index (χ4v) is 3.08. The fourth-order valence-electron chi connectivity index (χ4n) is 3.08. The monoisotopic (exact) mass is 409 g/mol. The molecule has 1 aliphatic heterocycles. The molecule has 2 N–H and O–H groups in total. The highest BCUT2D eigenvalue weighted by molar-refractivity contribution is 6.10. The van der Waals surface area contributed by atoms with Crippen LogP contribution in [0, 0.1) is 0 Å². The van der Waals surface area contributed by atoms with E-state index in [-0.39, 0.29) is 25.5 Å². The van der Waals surface area contributed by atoms with Gasteiger partial charge in [-0.1, -0.05) is 24.3 Å². The summed E-state index contributed by atoms with van der Waals surface area (Å²) >= 11 is 0. The number of ether oxygens (including phenoxy) is 2. The van der Waals surface area contributed by atoms with E-state index in [1.54, 1.807) is 55.5 Å². The highest BCUT2D eigenvalue weighted by Crippen LogP contribution is 2.31. The zero-order valence-corrected chi connectivity index (χ0v) is 16.8. The quantitative estimate of drug-likeness (QED) is 0.683. The van der Waals surface area contributed by atoms with Crippen LogP contribution in [0.2, 0.25) is 0 Å². The molecule has 0 bridgehead atoms. The van der Waals surface area contributed by atoms with E-state index in [1.165, 1.54) is 18.1 Å². The Hall–Kier alpha value is -3.81. The first-order chi connectivity index (χ1) is 14.5. The molecule has 30 heavy (non-hydrogen) atoms. The van der Waals surface area contributed by atoms with Gasteiger partial charge in [-0.05, 0) is 31.2 Å². The van der Waals surface area contributed by atoms with Crippen molar-refractivity contribution in [2.24, 2.45) is 0 Å². The molecule has 156 valence electrons. The van der Waals surface area contributed by atoms with Crippen molar-refractivity contribution in [2.75, 3.05) is 35.8 Å². The molecule has 1 aliphatic rings. The molecule has 8 heteroatoms. The van der Waals surface area contributed by atoms with Gasteiger partial charge in [-0.2, -0.15) is 0 Å². The van der Waals surface area contributed by atoms with Gasteiger partial charge in [0.2, 0.25) is 5.91 Å². The normalized spacial score (nSPS) is 12.8. The molecule has 0 aliphatic carbocycles. The van der Waals surface area contributed by atoms with Crippen molar-refractivity contribution in [2.45, 2.75) is 13.3 Å². The fraction of sp³-hybridized carbons (Fsp3) is 0.227. The molecule has 0 aromatic heterocycles. The van der Waals surface area contributed by atoms with E-state index >= 15 is 0 Å². The van der Waals surface area contributed by atoms with Crippen LogP contribution in [0.4, 0.5) is 17.1 Å². The topological polar surface area (TPSA) is 97.0 Å². The van der Waals surface area contributed by atoms with Crippen LogP contribution in [-0.4, -0.2) is 38.0 Å². The molecular formula is C22H23N3O5. The lowest BCUT2D eigenvalue weighted by Crippen LogP contribution is -2.37. The summed E-state index contributed by atoms with van der Waals surface area (Å²) in [5, 5.41) is 5.86. The first-order valence-corrected chi connectivity index (χ1v) is 9.48. The van der Waals surface area contributed by atoms with Crippen LogP contribution in [0.5, 0.6) is 5.75 Å². The molecule has 3 rings (SSSR count). The Kier molecular flexibility index (Phi) is 6.69. The number of nitrogens with one attached hydrogen (secondary N) is 2. The highest BCUT2D eigenvalue weighted by atomic mass is 16.5. The molecule has 0 radical (unpaired) electrons. The third-order valence-electron chi connectivity index (χ3n) is 4.38. The predicted octanol–water partition coefficient (Wildman–Crippen LogP) is 2.93. The van der Waals surface area contributed by atoms with E-state index in [1.807, 2.05) is 0 Å². The molecule has 0 saturated heterocycles. The van der Waals surface area contributed by atoms with Gasteiger partial charge < -0.3 is 20.1 Å². The molecule has 2 amide bonds. The second kappa shape index (κ2) is 9.60. The molecule has 2 aromatic rings. The Morgan fingerprint density at radius 3 is 2.60 bits per heavy atom. The maximum absolute atomic E-state index is 12.9. The number of benzene rings is 2. The first kappa shape index (κ1) is 20.9. The number of fused-ring (bicyclic) bond motifs is 1. The molecule has 2 aromatic carbocycles. The third kappa shape index (κ3) is 4.96. The van der Waals surface area contributed by atoms with Crippen molar-refractivity contribution in [1.29, 1.82) is 0 Å². The third-order valence-corrected chi connectivity index (χ3v) is 4.38. The van der Waals surface area contributed by atoms with Gasteiger partial charge in [0.25, 0.3) is 5.91 Å². The number of hydrogen-bond donors (Lipinski definition) is 2. The lowest BCUT2D eigenvalue weighted by atomic mass is 10.2. The lowest BCUT2D eigenvalue weighted by Gasteiger charge is -2.22. The molecule has 8 nitrogen and oxygen atoms in total. The van der Waals surface area contributed by atoms with E-state index in [0.29, 0.717) is 28.5 Å². The standard InChI is InChI=1S/C22H23N3O5/c1-3-30-22(28)13-15-12-21(27)25(18-10-6-4-8-16(18)23-15)14-20(26)24-17-9-5-7-11-19(17)29-2/h4-12,23H,3,13-14H2,1-2H3,(H,24,26). The molecule has 0 spiro atoms. The average molecular weight is 409 g/mol. The maximum atomic E-state index is 12.9. The van der Waals surface area contributed by atoms with Gasteiger partial charge in [-0.25, -0.2) is 0 Å². The number of methoxy groups -OCH3 is 1. The number of anilines is 3. The number of carbonyl (C=O) groups is 3. The molecule has 0 atom stereocenters. The zero-order chi connectivity index (χ0) is 21.5. The van der Waals surface area contributed by atoms with Crippen LogP contribution in [0.25, 0.3) is 0 Å². The molecule has 0 saturated carbocycles. The zero-order valence-electron chi connectivity index (χ0n) is 16.8. The Bertz CT molecular complexity index is 986. The minimum absolute atomic E-state index is 0.0742. The Labute approximate surface area is 174 Å². The molecular weight excluding hydrogens is 386 g/mol. The van der Waals surface area contributed by atoms with E-state index in [2.05, 4.69) is 10.6 Å². The smallest absolute Gasteiger partial charge is 0.311 e. The van der Waals surface area contributed by atoms with Crippen LogP contribution in [0.3, 0.4) is 0 Å². The van der Waals surface area contributed by atoms with Crippen molar-refractivity contribution in [3.63, 3.8) is 0 Å². The van der Waals surface area contributed by atoms with Gasteiger partial charge in [-0.3, -0.25) is 19.3 Å². The maximum Gasteiger partial charge on any atom is 0.311 e. The minimum atomic E-state index is -0.441. The summed E-state index contributed by atoms with van der Waals surface area (Å²) in [5.41, 5.74) is 2.06. The first-order valence-electron chi connectivity index (χ1n) is 9.48. The van der Waals surface area contributed by atoms with Gasteiger partial charge in [0, 0.05) is 11.8 Å². The van der Waals surface area contributed by atoms with Crippen molar-refractivity contribution >= 4 is 34.8 Å². The SMILES string of the molecule is CCOC(=O)CC1=CC(=O)N(CC(=O)Nc2ccccc2OC)c2ccccc2N1. The number of amides is 2. The molecule has 0 fully saturated rings. The number of hydrogen-bond acceptors (Lipinski definition) is 6. The van der Waals surface area contributed by atoms with Crippen LogP contribution in [0.1, 0.15) is 13.3 Å². The van der Waals surface area contributed by atoms with Gasteiger partial charge in [0.1, 0.15) is 12.3 Å². The van der Waals surface area contributed by atoms with Crippen molar-refractivity contribution in [3.05, 3.63) is 60.3 Å². The largest absolute Gasteiger partial charge is 0.495 e. The van der Waals surface area contributed by atoms with Crippen LogP contribution in [0.15, 0.2) is 60.3 Å². The van der Waals surface area contributed by atoms with Gasteiger partial charge >= 0.3 is 5.97 Å². The van der Waals surface area contributed by atoms with Crippen molar-refractivity contribution in [3.8, 4) is 5.75 Å². The predicted molar refractivity (Wildman–Crippen MR) is 113 cm³/mol. The second-order valence-corrected chi connectivity index (χ2v) is 6.47. The minimum Gasteiger partial charge on any atom is -0.495 e. The number of carbonyl (C=O) groups excluding carboxylic acids is 3. The van der Waals surface area contributed by atoms with E-state index in [0.717, 1.165) is 0 Å². The number of nitrogens with zero attached hydrogens (tertiary/aromatic N) is 1. The summed E-state index contributed by atoms with van der Waals surface area (Å²) in [6.45, 7) is 1.76. The summed E-state index contributed by atoms with van der Waals surface area (Å²) in [7, 11) is 1.51. The highest BCUT2D eigenvalue weighted by Gasteiger charge is 2.25. The lowest BCUT2D eigenvalue weighted by molar-refractivity contribution is -0.142. The van der Waals surface area contributed by atoms with Gasteiger partial charge in [0.05, 0.1) is 37.2 Å². The summed E-state index contributed by atoms with van der Waals surface area (Å²) < 4.78 is 10.2. The Balaban J connectivity index is 1.82. The number of para-hydroxylation sites is 4. The van der Waals surface area contributed by atoms with E-state index < -0.39 is 11.9 Å². The molecule has 0 unspecified atom stereocenters. The number of esters is 1.